The molecule has 0 spiro atoms. The number of hydrogen-bond acceptors (Lipinski definition) is 5. The lowest BCUT2D eigenvalue weighted by molar-refractivity contribution is 0.0549. The van der Waals surface area contributed by atoms with Gasteiger partial charge >= 0.3 is 0 Å². The predicted octanol–water partition coefficient (Wildman–Crippen LogP) is 0.709. The van der Waals surface area contributed by atoms with Gasteiger partial charge in [0, 0.05) is 18.6 Å². The van der Waals surface area contributed by atoms with E-state index < -0.39 is 0 Å². The Kier molecular flexibility index (Phi) is 3.65. The Morgan fingerprint density at radius 1 is 1.73 bits per heavy atom. The Labute approximate surface area is 101 Å². The molecule has 1 fully saturated rings. The lowest BCUT2D eigenvalue weighted by Crippen LogP contribution is -2.35. The zero-order chi connectivity index (χ0) is 10.8. The summed E-state index contributed by atoms with van der Waals surface area (Å²) in [6, 6.07) is -0.174. The fourth-order valence-electron chi connectivity index (χ4n) is 1.58. The summed E-state index contributed by atoms with van der Waals surface area (Å²) in [5, 5.41) is 7.83. The summed E-state index contributed by atoms with van der Waals surface area (Å²) in [4.78, 5) is 0. The van der Waals surface area contributed by atoms with Crippen LogP contribution in [0.15, 0.2) is 4.60 Å². The molecule has 0 amide bonds. The van der Waals surface area contributed by atoms with Crippen molar-refractivity contribution in [3.8, 4) is 0 Å². The van der Waals surface area contributed by atoms with Crippen molar-refractivity contribution in [2.24, 2.45) is 12.8 Å². The predicted molar refractivity (Wildman–Crippen MR) is 62.7 cm³/mol. The third-order valence-corrected chi connectivity index (χ3v) is 3.97. The summed E-state index contributed by atoms with van der Waals surface area (Å²) in [6.45, 7) is 0.770. The molecule has 1 saturated heterocycles. The molecule has 1 aromatic rings. The highest BCUT2D eigenvalue weighted by Gasteiger charge is 2.27. The van der Waals surface area contributed by atoms with Crippen molar-refractivity contribution in [2.75, 3.05) is 18.1 Å². The molecular weight excluding hydrogens is 280 g/mol. The maximum Gasteiger partial charge on any atom is 0.153 e. The van der Waals surface area contributed by atoms with E-state index >= 15 is 0 Å². The largest absolute Gasteiger partial charge is 0.374 e. The molecular formula is C8H13BrN4OS. The number of rotatable bonds is 2. The number of nitrogens with zero attached hydrogens (tertiary/aromatic N) is 3. The maximum absolute atomic E-state index is 6.15. The fraction of sp³-hybridized carbons (Fsp3) is 0.750. The van der Waals surface area contributed by atoms with E-state index in [1.165, 1.54) is 0 Å². The van der Waals surface area contributed by atoms with Crippen LogP contribution in [0.1, 0.15) is 11.7 Å². The van der Waals surface area contributed by atoms with Gasteiger partial charge in [-0.25, -0.2) is 4.68 Å². The third kappa shape index (κ3) is 2.35. The normalized spacial score (nSPS) is 24.1. The van der Waals surface area contributed by atoms with Gasteiger partial charge in [-0.2, -0.15) is 11.8 Å². The number of nitrogens with two attached hydrogens (primary N) is 1. The minimum atomic E-state index is -0.174. The molecule has 2 heterocycles. The van der Waals surface area contributed by atoms with Crippen molar-refractivity contribution < 1.29 is 4.74 Å². The second kappa shape index (κ2) is 4.82. The van der Waals surface area contributed by atoms with Gasteiger partial charge in [-0.1, -0.05) is 5.21 Å². The highest BCUT2D eigenvalue weighted by Crippen LogP contribution is 2.26. The van der Waals surface area contributed by atoms with Crippen LogP contribution in [-0.2, 0) is 11.8 Å². The number of aromatic nitrogens is 3. The molecule has 1 aliphatic heterocycles. The highest BCUT2D eigenvalue weighted by molar-refractivity contribution is 9.10. The molecule has 2 N–H and O–H groups in total. The van der Waals surface area contributed by atoms with Crippen LogP contribution in [0, 0.1) is 0 Å². The summed E-state index contributed by atoms with van der Waals surface area (Å²) >= 11 is 5.22. The Bertz CT molecular complexity index is 320. The molecule has 1 aromatic heterocycles. The van der Waals surface area contributed by atoms with E-state index in [2.05, 4.69) is 26.2 Å². The molecule has 0 aromatic carbocycles. The first-order valence-electron chi connectivity index (χ1n) is 4.70. The molecule has 2 unspecified atom stereocenters. The van der Waals surface area contributed by atoms with Crippen LogP contribution in [0.25, 0.3) is 0 Å². The van der Waals surface area contributed by atoms with E-state index in [0.717, 1.165) is 23.8 Å². The van der Waals surface area contributed by atoms with E-state index in [-0.39, 0.29) is 12.1 Å². The second-order valence-electron chi connectivity index (χ2n) is 3.40. The monoisotopic (exact) mass is 292 g/mol. The van der Waals surface area contributed by atoms with Gasteiger partial charge in [0.1, 0.15) is 0 Å². The van der Waals surface area contributed by atoms with Crippen LogP contribution < -0.4 is 5.73 Å². The van der Waals surface area contributed by atoms with Crippen LogP contribution in [0.4, 0.5) is 0 Å². The lowest BCUT2D eigenvalue weighted by atomic mass is 10.1. The van der Waals surface area contributed by atoms with Gasteiger partial charge in [0.25, 0.3) is 0 Å². The second-order valence-corrected chi connectivity index (χ2v) is 5.30. The van der Waals surface area contributed by atoms with Crippen molar-refractivity contribution in [2.45, 2.75) is 12.1 Å². The molecule has 0 saturated carbocycles. The molecule has 84 valence electrons. The van der Waals surface area contributed by atoms with E-state index in [1.54, 1.807) is 4.68 Å². The fourth-order valence-corrected chi connectivity index (χ4v) is 3.09. The van der Waals surface area contributed by atoms with Gasteiger partial charge in [-0.3, -0.25) is 0 Å². The summed E-state index contributed by atoms with van der Waals surface area (Å²) in [6.07, 6.45) is 0.0530. The lowest BCUT2D eigenvalue weighted by Gasteiger charge is -2.27. The van der Waals surface area contributed by atoms with Gasteiger partial charge in [0.2, 0.25) is 0 Å². The average Bonchev–Trinajstić information content (AvgIpc) is 2.59. The molecule has 0 aliphatic carbocycles. The summed E-state index contributed by atoms with van der Waals surface area (Å²) in [7, 11) is 1.84. The number of aryl methyl sites for hydroxylation is 1. The summed E-state index contributed by atoms with van der Waals surface area (Å²) < 4.78 is 8.04. The molecule has 2 rings (SSSR count). The molecule has 15 heavy (non-hydrogen) atoms. The van der Waals surface area contributed by atoms with Crippen LogP contribution in [0.2, 0.25) is 0 Å². The van der Waals surface area contributed by atoms with E-state index in [1.807, 2.05) is 18.8 Å². The Balaban J connectivity index is 2.15. The van der Waals surface area contributed by atoms with Crippen molar-refractivity contribution in [3.63, 3.8) is 0 Å². The SMILES string of the molecule is Cn1nnc(Br)c1C(N)C1CSCCO1. The number of ether oxygens (including phenoxy) is 1. The Morgan fingerprint density at radius 3 is 3.07 bits per heavy atom. The molecule has 2 atom stereocenters. The van der Waals surface area contributed by atoms with Crippen molar-refractivity contribution >= 4 is 27.7 Å². The van der Waals surface area contributed by atoms with Crippen molar-refractivity contribution in [1.29, 1.82) is 0 Å². The van der Waals surface area contributed by atoms with Crippen LogP contribution in [0.3, 0.4) is 0 Å². The Hall–Kier alpha value is -0.110. The minimum Gasteiger partial charge on any atom is -0.374 e. The first-order valence-corrected chi connectivity index (χ1v) is 6.65. The van der Waals surface area contributed by atoms with Gasteiger partial charge in [0.15, 0.2) is 4.60 Å². The van der Waals surface area contributed by atoms with Gasteiger partial charge < -0.3 is 10.5 Å². The quantitative estimate of drug-likeness (QED) is 0.870. The average molecular weight is 293 g/mol. The summed E-state index contributed by atoms with van der Waals surface area (Å²) in [5.74, 6) is 1.98. The van der Waals surface area contributed by atoms with E-state index in [4.69, 9.17) is 10.5 Å². The molecule has 7 heteroatoms. The molecule has 0 bridgehead atoms. The van der Waals surface area contributed by atoms with E-state index in [9.17, 15) is 0 Å². The first kappa shape index (κ1) is 11.4. The van der Waals surface area contributed by atoms with Gasteiger partial charge in [-0.05, 0) is 15.9 Å². The topological polar surface area (TPSA) is 66.0 Å². The number of halogens is 1. The maximum atomic E-state index is 6.15. The zero-order valence-electron chi connectivity index (χ0n) is 8.39. The third-order valence-electron chi connectivity index (χ3n) is 2.38. The highest BCUT2D eigenvalue weighted by atomic mass is 79.9. The van der Waals surface area contributed by atoms with E-state index in [0.29, 0.717) is 4.60 Å². The first-order chi connectivity index (χ1) is 7.20. The minimum absolute atomic E-state index is 0.0530. The summed E-state index contributed by atoms with van der Waals surface area (Å²) in [5.41, 5.74) is 7.04. The molecule has 5 nitrogen and oxygen atoms in total. The van der Waals surface area contributed by atoms with Crippen LogP contribution >= 0.6 is 27.7 Å². The number of hydrogen-bond donors (Lipinski definition) is 1. The van der Waals surface area contributed by atoms with Crippen molar-refractivity contribution in [1.82, 2.24) is 15.0 Å². The molecule has 0 radical (unpaired) electrons. The van der Waals surface area contributed by atoms with Gasteiger partial charge in [-0.15, -0.1) is 5.10 Å². The number of thioether (sulfide) groups is 1. The zero-order valence-corrected chi connectivity index (χ0v) is 10.8. The van der Waals surface area contributed by atoms with Crippen molar-refractivity contribution in [3.05, 3.63) is 10.3 Å². The van der Waals surface area contributed by atoms with Crippen LogP contribution in [0.5, 0.6) is 0 Å². The molecule has 1 aliphatic rings. The van der Waals surface area contributed by atoms with Crippen LogP contribution in [-0.4, -0.2) is 39.2 Å². The Morgan fingerprint density at radius 2 is 2.53 bits per heavy atom. The van der Waals surface area contributed by atoms with Gasteiger partial charge in [0.05, 0.1) is 24.4 Å². The smallest absolute Gasteiger partial charge is 0.153 e. The standard InChI is InChI=1S/C8H13BrN4OS/c1-13-7(8(9)11-12-13)6(10)5-4-15-3-2-14-5/h5-6H,2-4,10H2,1H3.